The Balaban J connectivity index is 1.97. The van der Waals surface area contributed by atoms with Crippen LogP contribution in [0.2, 0.25) is 5.02 Å². The Bertz CT molecular complexity index is 498. The van der Waals surface area contributed by atoms with Crippen LogP contribution < -0.4 is 5.73 Å². The number of hydrogen-bond donors (Lipinski definition) is 2. The van der Waals surface area contributed by atoms with Gasteiger partial charge in [-0.1, -0.05) is 17.7 Å². The van der Waals surface area contributed by atoms with E-state index in [0.717, 1.165) is 21.5 Å². The molecule has 0 aliphatic rings. The van der Waals surface area contributed by atoms with Crippen LogP contribution in [0.4, 0.5) is 0 Å². The molecule has 0 aliphatic heterocycles. The predicted molar refractivity (Wildman–Crippen MR) is 70.0 cm³/mol. The first-order chi connectivity index (χ1) is 8.15. The van der Waals surface area contributed by atoms with E-state index in [1.807, 2.05) is 31.2 Å². The van der Waals surface area contributed by atoms with Crippen molar-refractivity contribution in [2.45, 2.75) is 23.6 Å². The highest BCUT2D eigenvalue weighted by molar-refractivity contribution is 7.98. The van der Waals surface area contributed by atoms with Crippen LogP contribution in [-0.4, -0.2) is 15.2 Å². The van der Waals surface area contributed by atoms with Crippen molar-refractivity contribution >= 4 is 23.4 Å². The van der Waals surface area contributed by atoms with E-state index in [2.05, 4.69) is 15.2 Å². The third-order valence-electron chi connectivity index (χ3n) is 2.13. The molecule has 6 heteroatoms. The zero-order chi connectivity index (χ0) is 12.3. The SMILES string of the molecule is CC(N)c1n[nH]c(CSc2cccc(Cl)c2)n1. The number of H-pyrrole nitrogens is 1. The van der Waals surface area contributed by atoms with E-state index in [1.165, 1.54) is 0 Å². The molecule has 0 radical (unpaired) electrons. The van der Waals surface area contributed by atoms with Crippen molar-refractivity contribution in [1.29, 1.82) is 0 Å². The fourth-order valence-electron chi connectivity index (χ4n) is 1.29. The highest BCUT2D eigenvalue weighted by Crippen LogP contribution is 2.24. The van der Waals surface area contributed by atoms with Gasteiger partial charge in [0.25, 0.3) is 0 Å². The van der Waals surface area contributed by atoms with Crippen LogP contribution in [0.25, 0.3) is 0 Å². The van der Waals surface area contributed by atoms with Crippen molar-refractivity contribution < 1.29 is 0 Å². The number of halogens is 1. The van der Waals surface area contributed by atoms with Crippen molar-refractivity contribution in [3.8, 4) is 0 Å². The summed E-state index contributed by atoms with van der Waals surface area (Å²) in [6, 6.07) is 7.58. The van der Waals surface area contributed by atoms with Gasteiger partial charge in [0.05, 0.1) is 11.8 Å². The number of hydrogen-bond acceptors (Lipinski definition) is 4. The number of nitrogens with two attached hydrogens (primary N) is 1. The summed E-state index contributed by atoms with van der Waals surface area (Å²) in [5, 5.41) is 7.66. The maximum Gasteiger partial charge on any atom is 0.167 e. The van der Waals surface area contributed by atoms with Gasteiger partial charge in [-0.05, 0) is 25.1 Å². The van der Waals surface area contributed by atoms with Gasteiger partial charge in [-0.25, -0.2) is 4.98 Å². The molecule has 0 bridgehead atoms. The van der Waals surface area contributed by atoms with Crippen LogP contribution in [0.15, 0.2) is 29.2 Å². The molecule has 0 saturated heterocycles. The second-order valence-corrected chi connectivity index (χ2v) is 5.16. The van der Waals surface area contributed by atoms with E-state index in [0.29, 0.717) is 5.82 Å². The maximum absolute atomic E-state index is 5.91. The summed E-state index contributed by atoms with van der Waals surface area (Å²) in [7, 11) is 0. The fraction of sp³-hybridized carbons (Fsp3) is 0.273. The van der Waals surface area contributed by atoms with Gasteiger partial charge in [0.1, 0.15) is 5.82 Å². The Morgan fingerprint density at radius 2 is 2.35 bits per heavy atom. The molecule has 1 heterocycles. The quantitative estimate of drug-likeness (QED) is 0.837. The molecule has 17 heavy (non-hydrogen) atoms. The van der Waals surface area contributed by atoms with Gasteiger partial charge in [-0.15, -0.1) is 11.8 Å². The van der Waals surface area contributed by atoms with Crippen LogP contribution in [0.5, 0.6) is 0 Å². The van der Waals surface area contributed by atoms with E-state index in [1.54, 1.807) is 11.8 Å². The zero-order valence-electron chi connectivity index (χ0n) is 9.35. The van der Waals surface area contributed by atoms with Crippen molar-refractivity contribution in [3.63, 3.8) is 0 Å². The summed E-state index contributed by atoms with van der Waals surface area (Å²) in [4.78, 5) is 5.41. The standard InChI is InChI=1S/C11H13ClN4S/c1-7(13)11-14-10(15-16-11)6-17-9-4-2-3-8(12)5-9/h2-5,7H,6,13H2,1H3,(H,14,15,16). The fourth-order valence-corrected chi connectivity index (χ4v) is 2.36. The molecule has 0 saturated carbocycles. The normalized spacial score (nSPS) is 12.6. The number of aromatic amines is 1. The van der Waals surface area contributed by atoms with Crippen LogP contribution in [0, 0.1) is 0 Å². The summed E-state index contributed by atoms with van der Waals surface area (Å²) in [6.45, 7) is 1.86. The number of nitrogens with one attached hydrogen (secondary N) is 1. The van der Waals surface area contributed by atoms with E-state index >= 15 is 0 Å². The molecule has 2 aromatic rings. The minimum absolute atomic E-state index is 0.142. The molecule has 0 fully saturated rings. The summed E-state index contributed by atoms with van der Waals surface area (Å²) >= 11 is 7.56. The molecule has 3 N–H and O–H groups in total. The molecule has 1 aromatic carbocycles. The second-order valence-electron chi connectivity index (χ2n) is 3.68. The lowest BCUT2D eigenvalue weighted by Gasteiger charge is -1.99. The van der Waals surface area contributed by atoms with E-state index in [-0.39, 0.29) is 6.04 Å². The molecule has 0 aliphatic carbocycles. The third-order valence-corrected chi connectivity index (χ3v) is 3.37. The van der Waals surface area contributed by atoms with Gasteiger partial charge in [0.2, 0.25) is 0 Å². The number of benzene rings is 1. The topological polar surface area (TPSA) is 67.6 Å². The van der Waals surface area contributed by atoms with Crippen molar-refractivity contribution in [1.82, 2.24) is 15.2 Å². The lowest BCUT2D eigenvalue weighted by atomic mass is 10.3. The first-order valence-electron chi connectivity index (χ1n) is 5.20. The van der Waals surface area contributed by atoms with Crippen LogP contribution >= 0.6 is 23.4 Å². The Kier molecular flexibility index (Phi) is 4.04. The van der Waals surface area contributed by atoms with Crippen molar-refractivity contribution in [3.05, 3.63) is 40.9 Å². The van der Waals surface area contributed by atoms with E-state index in [4.69, 9.17) is 17.3 Å². The summed E-state index contributed by atoms with van der Waals surface area (Å²) in [5.41, 5.74) is 5.68. The second kappa shape index (κ2) is 5.53. The van der Waals surface area contributed by atoms with Crippen LogP contribution in [-0.2, 0) is 5.75 Å². The van der Waals surface area contributed by atoms with E-state index < -0.39 is 0 Å². The number of thioether (sulfide) groups is 1. The smallest absolute Gasteiger partial charge is 0.167 e. The maximum atomic E-state index is 5.91. The van der Waals surface area contributed by atoms with Gasteiger partial charge < -0.3 is 5.73 Å². The average molecular weight is 269 g/mol. The minimum Gasteiger partial charge on any atom is -0.321 e. The summed E-state index contributed by atoms with van der Waals surface area (Å²) in [6.07, 6.45) is 0. The van der Waals surface area contributed by atoms with Crippen LogP contribution in [0.3, 0.4) is 0 Å². The lowest BCUT2D eigenvalue weighted by molar-refractivity contribution is 0.745. The monoisotopic (exact) mass is 268 g/mol. The van der Waals surface area contributed by atoms with Crippen molar-refractivity contribution in [2.75, 3.05) is 0 Å². The third kappa shape index (κ3) is 3.46. The number of nitrogens with zero attached hydrogens (tertiary/aromatic N) is 2. The Hall–Kier alpha value is -1.04. The van der Waals surface area contributed by atoms with Gasteiger partial charge in [0, 0.05) is 9.92 Å². The zero-order valence-corrected chi connectivity index (χ0v) is 10.9. The first-order valence-corrected chi connectivity index (χ1v) is 6.56. The molecule has 1 atom stereocenters. The Labute approximate surface area is 109 Å². The Morgan fingerprint density at radius 1 is 1.53 bits per heavy atom. The number of rotatable bonds is 4. The molecule has 1 unspecified atom stereocenters. The lowest BCUT2D eigenvalue weighted by Crippen LogP contribution is -2.06. The molecule has 1 aromatic heterocycles. The molecule has 0 spiro atoms. The van der Waals surface area contributed by atoms with Crippen LogP contribution in [0.1, 0.15) is 24.6 Å². The highest BCUT2D eigenvalue weighted by atomic mass is 35.5. The summed E-state index contributed by atoms with van der Waals surface area (Å²) in [5.74, 6) is 2.19. The minimum atomic E-state index is -0.142. The number of aromatic nitrogens is 3. The molecular weight excluding hydrogens is 256 g/mol. The molecule has 0 amide bonds. The van der Waals surface area contributed by atoms with E-state index in [9.17, 15) is 0 Å². The average Bonchev–Trinajstić information content (AvgIpc) is 2.75. The van der Waals surface area contributed by atoms with Crippen molar-refractivity contribution in [2.24, 2.45) is 5.73 Å². The molecular formula is C11H13ClN4S. The van der Waals surface area contributed by atoms with Gasteiger partial charge >= 0.3 is 0 Å². The molecule has 90 valence electrons. The van der Waals surface area contributed by atoms with Gasteiger partial charge in [0.15, 0.2) is 5.82 Å². The van der Waals surface area contributed by atoms with Gasteiger partial charge in [-0.2, -0.15) is 5.10 Å². The highest BCUT2D eigenvalue weighted by Gasteiger charge is 2.07. The molecule has 4 nitrogen and oxygen atoms in total. The first kappa shape index (κ1) is 12.4. The Morgan fingerprint density at radius 3 is 3.00 bits per heavy atom. The molecule has 2 rings (SSSR count). The van der Waals surface area contributed by atoms with Gasteiger partial charge in [-0.3, -0.25) is 5.10 Å². The largest absolute Gasteiger partial charge is 0.321 e. The summed E-state index contributed by atoms with van der Waals surface area (Å²) < 4.78 is 0. The predicted octanol–water partition coefficient (Wildman–Crippen LogP) is 2.77.